The lowest BCUT2D eigenvalue weighted by Crippen LogP contribution is -2.31. The number of carboxylic acids is 1. The fourth-order valence-corrected chi connectivity index (χ4v) is 2.79. The molecule has 1 aromatic rings. The summed E-state index contributed by atoms with van der Waals surface area (Å²) >= 11 is 12.3. The first-order valence-corrected chi connectivity index (χ1v) is 6.46. The van der Waals surface area contributed by atoms with E-state index in [0.717, 1.165) is 17.7 Å². The molecule has 2 rings (SSSR count). The van der Waals surface area contributed by atoms with Crippen LogP contribution in [0.15, 0.2) is 6.07 Å². The van der Waals surface area contributed by atoms with Gasteiger partial charge in [-0.25, -0.2) is 0 Å². The molecule has 0 saturated carbocycles. The van der Waals surface area contributed by atoms with Gasteiger partial charge in [0.2, 0.25) is 0 Å². The maximum absolute atomic E-state index is 11.9. The third-order valence-corrected chi connectivity index (χ3v) is 3.62. The molecule has 0 unspecified atom stereocenters. The Kier molecular flexibility index (Phi) is 4.29. The minimum atomic E-state index is -1.12. The van der Waals surface area contributed by atoms with Crippen LogP contribution < -0.4 is 10.6 Å². The molecule has 1 aliphatic heterocycles. The lowest BCUT2D eigenvalue weighted by Gasteiger charge is -2.21. The van der Waals surface area contributed by atoms with Crippen molar-refractivity contribution in [2.45, 2.75) is 13.0 Å². The molecule has 3 N–H and O–H groups in total. The first-order valence-electron chi connectivity index (χ1n) is 5.71. The number of amides is 1. The van der Waals surface area contributed by atoms with E-state index >= 15 is 0 Å². The lowest BCUT2D eigenvalue weighted by molar-refractivity contribution is -0.135. The molecule has 1 aromatic carbocycles. The second kappa shape index (κ2) is 5.77. The highest BCUT2D eigenvalue weighted by Crippen LogP contribution is 2.32. The maximum atomic E-state index is 11.9. The summed E-state index contributed by atoms with van der Waals surface area (Å²) in [5.41, 5.74) is 2.01. The largest absolute Gasteiger partial charge is 0.480 e. The first kappa shape index (κ1) is 14.1. The van der Waals surface area contributed by atoms with Crippen LogP contribution in [0.5, 0.6) is 0 Å². The minimum Gasteiger partial charge on any atom is -0.480 e. The van der Waals surface area contributed by atoms with Gasteiger partial charge in [-0.05, 0) is 30.2 Å². The molecule has 0 spiro atoms. The van der Waals surface area contributed by atoms with E-state index in [4.69, 9.17) is 28.3 Å². The highest BCUT2D eigenvalue weighted by atomic mass is 35.5. The van der Waals surface area contributed by atoms with Crippen LogP contribution >= 0.6 is 23.2 Å². The third kappa shape index (κ3) is 3.00. The Morgan fingerprint density at radius 2 is 2.16 bits per heavy atom. The predicted octanol–water partition coefficient (Wildman–Crippen LogP) is 1.45. The molecule has 0 aliphatic carbocycles. The van der Waals surface area contributed by atoms with Crippen molar-refractivity contribution in [3.8, 4) is 0 Å². The van der Waals surface area contributed by atoms with Gasteiger partial charge in [-0.1, -0.05) is 23.2 Å². The summed E-state index contributed by atoms with van der Waals surface area (Å²) in [6.45, 7) is 0.973. The molecule has 0 saturated heterocycles. The van der Waals surface area contributed by atoms with Crippen LogP contribution in [0.2, 0.25) is 10.0 Å². The summed E-state index contributed by atoms with van der Waals surface area (Å²) in [7, 11) is 0. The SMILES string of the molecule is O=C(O)CNC(=O)c1c(Cl)cc2c(c1Cl)CCNC2. The van der Waals surface area contributed by atoms with E-state index in [-0.39, 0.29) is 10.6 Å². The normalized spacial score (nSPS) is 13.8. The van der Waals surface area contributed by atoms with Crippen LogP contribution in [-0.2, 0) is 17.8 Å². The molecule has 19 heavy (non-hydrogen) atoms. The van der Waals surface area contributed by atoms with Crippen molar-refractivity contribution >= 4 is 35.1 Å². The van der Waals surface area contributed by atoms with E-state index in [1.54, 1.807) is 6.07 Å². The van der Waals surface area contributed by atoms with E-state index in [1.165, 1.54) is 0 Å². The van der Waals surface area contributed by atoms with Crippen LogP contribution in [0.25, 0.3) is 0 Å². The number of nitrogens with one attached hydrogen (secondary N) is 2. The number of aliphatic carboxylic acids is 1. The molecule has 0 bridgehead atoms. The monoisotopic (exact) mass is 302 g/mol. The number of carbonyl (C=O) groups excluding carboxylic acids is 1. The summed E-state index contributed by atoms with van der Waals surface area (Å²) in [6, 6.07) is 1.70. The highest BCUT2D eigenvalue weighted by molar-refractivity contribution is 6.40. The first-order chi connectivity index (χ1) is 9.00. The molecule has 0 aromatic heterocycles. The van der Waals surface area contributed by atoms with Crippen molar-refractivity contribution in [2.75, 3.05) is 13.1 Å². The molecule has 0 fully saturated rings. The maximum Gasteiger partial charge on any atom is 0.322 e. The molecule has 5 nitrogen and oxygen atoms in total. The number of fused-ring (bicyclic) bond motifs is 1. The van der Waals surface area contributed by atoms with Gasteiger partial charge in [0.1, 0.15) is 6.54 Å². The van der Waals surface area contributed by atoms with E-state index in [2.05, 4.69) is 10.6 Å². The zero-order valence-electron chi connectivity index (χ0n) is 9.93. The summed E-state index contributed by atoms with van der Waals surface area (Å²) in [6.07, 6.45) is 0.713. The quantitative estimate of drug-likeness (QED) is 0.790. The molecule has 0 radical (unpaired) electrons. The van der Waals surface area contributed by atoms with Crippen LogP contribution in [0.3, 0.4) is 0 Å². The Bertz CT molecular complexity index is 546. The highest BCUT2D eigenvalue weighted by Gasteiger charge is 2.22. The van der Waals surface area contributed by atoms with Gasteiger partial charge in [0.15, 0.2) is 0 Å². The van der Waals surface area contributed by atoms with Gasteiger partial charge in [0.25, 0.3) is 5.91 Å². The third-order valence-electron chi connectivity index (χ3n) is 2.91. The number of hydrogen-bond acceptors (Lipinski definition) is 3. The zero-order valence-corrected chi connectivity index (χ0v) is 11.4. The zero-order chi connectivity index (χ0) is 14.0. The molecule has 102 valence electrons. The molecule has 1 aliphatic rings. The van der Waals surface area contributed by atoms with E-state index in [0.29, 0.717) is 18.0 Å². The Morgan fingerprint density at radius 1 is 1.42 bits per heavy atom. The fourth-order valence-electron chi connectivity index (χ4n) is 2.03. The average molecular weight is 303 g/mol. The van der Waals surface area contributed by atoms with Gasteiger partial charge in [-0.15, -0.1) is 0 Å². The summed E-state index contributed by atoms with van der Waals surface area (Å²) in [5.74, 6) is -1.69. The molecular weight excluding hydrogens is 291 g/mol. The van der Waals surface area contributed by atoms with Gasteiger partial charge in [-0.3, -0.25) is 9.59 Å². The van der Waals surface area contributed by atoms with Crippen LogP contribution in [0.4, 0.5) is 0 Å². The number of benzene rings is 1. The van der Waals surface area contributed by atoms with Crippen LogP contribution in [0, 0.1) is 0 Å². The van der Waals surface area contributed by atoms with Crippen molar-refractivity contribution in [3.63, 3.8) is 0 Å². The summed E-state index contributed by atoms with van der Waals surface area (Å²) in [5, 5.41) is 14.5. The van der Waals surface area contributed by atoms with E-state index < -0.39 is 18.4 Å². The lowest BCUT2D eigenvalue weighted by atomic mass is 9.97. The number of halogens is 2. The second-order valence-electron chi connectivity index (χ2n) is 4.19. The minimum absolute atomic E-state index is 0.144. The smallest absolute Gasteiger partial charge is 0.322 e. The topological polar surface area (TPSA) is 78.4 Å². The van der Waals surface area contributed by atoms with Gasteiger partial charge in [0.05, 0.1) is 15.6 Å². The molecule has 0 atom stereocenters. The number of carbonyl (C=O) groups is 2. The van der Waals surface area contributed by atoms with E-state index in [1.807, 2.05) is 0 Å². The van der Waals surface area contributed by atoms with Gasteiger partial charge in [0, 0.05) is 6.54 Å². The Labute approximate surface area is 119 Å². The van der Waals surface area contributed by atoms with Crippen LogP contribution in [0.1, 0.15) is 21.5 Å². The Balaban J connectivity index is 2.35. The van der Waals surface area contributed by atoms with Gasteiger partial charge < -0.3 is 15.7 Å². The summed E-state index contributed by atoms with van der Waals surface area (Å²) < 4.78 is 0. The molecule has 7 heteroatoms. The molecular formula is C12H12Cl2N2O3. The van der Waals surface area contributed by atoms with Crippen molar-refractivity contribution in [1.82, 2.24) is 10.6 Å². The van der Waals surface area contributed by atoms with Crippen molar-refractivity contribution in [1.29, 1.82) is 0 Å². The molecule has 1 heterocycles. The summed E-state index contributed by atoms with van der Waals surface area (Å²) in [4.78, 5) is 22.4. The Hall–Kier alpha value is -1.30. The number of hydrogen-bond donors (Lipinski definition) is 3. The van der Waals surface area contributed by atoms with Gasteiger partial charge >= 0.3 is 5.97 Å². The predicted molar refractivity (Wildman–Crippen MR) is 71.8 cm³/mol. The second-order valence-corrected chi connectivity index (χ2v) is 4.97. The van der Waals surface area contributed by atoms with Gasteiger partial charge in [-0.2, -0.15) is 0 Å². The molecule has 1 amide bonds. The fraction of sp³-hybridized carbons (Fsp3) is 0.333. The van der Waals surface area contributed by atoms with Crippen molar-refractivity contribution in [2.24, 2.45) is 0 Å². The standard InChI is InChI=1S/C12H12Cl2N2O3/c13-8-3-6-4-15-2-1-7(6)11(14)10(8)12(19)16-5-9(17)18/h3,15H,1-2,4-5H2,(H,16,19)(H,17,18). The van der Waals surface area contributed by atoms with E-state index in [9.17, 15) is 9.59 Å². The number of rotatable bonds is 3. The Morgan fingerprint density at radius 3 is 2.84 bits per heavy atom. The van der Waals surface area contributed by atoms with Crippen molar-refractivity contribution < 1.29 is 14.7 Å². The van der Waals surface area contributed by atoms with Crippen molar-refractivity contribution in [3.05, 3.63) is 32.8 Å². The average Bonchev–Trinajstić information content (AvgIpc) is 2.36. The number of carboxylic acid groups (broad SMARTS) is 1. The van der Waals surface area contributed by atoms with Crippen LogP contribution in [-0.4, -0.2) is 30.1 Å².